The largest absolute Gasteiger partial charge is 0.492 e. The molecule has 1 atom stereocenters. The van der Waals surface area contributed by atoms with Gasteiger partial charge in [0.05, 0.1) is 10.9 Å². The van der Waals surface area contributed by atoms with Gasteiger partial charge in [-0.05, 0) is 76.3 Å². The molecule has 2 aromatic carbocycles. The number of amides is 1. The first-order valence-electron chi connectivity index (χ1n) is 9.60. The summed E-state index contributed by atoms with van der Waals surface area (Å²) < 4.78 is 45.3. The van der Waals surface area contributed by atoms with Crippen molar-refractivity contribution in [3.63, 3.8) is 0 Å². The molecule has 0 saturated carbocycles. The van der Waals surface area contributed by atoms with Gasteiger partial charge in [-0.1, -0.05) is 0 Å². The van der Waals surface area contributed by atoms with E-state index in [0.717, 1.165) is 0 Å². The summed E-state index contributed by atoms with van der Waals surface area (Å²) in [4.78, 5) is 14.4. The predicted molar refractivity (Wildman–Crippen MR) is 115 cm³/mol. The van der Waals surface area contributed by atoms with E-state index in [4.69, 9.17) is 4.74 Å². The van der Waals surface area contributed by atoms with E-state index >= 15 is 0 Å². The number of hydrogen-bond donors (Lipinski definition) is 2. The van der Waals surface area contributed by atoms with E-state index in [2.05, 4.69) is 10.0 Å². The minimum absolute atomic E-state index is 0.136. The third-order valence-corrected chi connectivity index (χ3v) is 6.06. The maximum absolute atomic E-state index is 12.9. The second-order valence-electron chi connectivity index (χ2n) is 7.25. The van der Waals surface area contributed by atoms with Gasteiger partial charge in [0, 0.05) is 18.3 Å². The van der Waals surface area contributed by atoms with Gasteiger partial charge >= 0.3 is 0 Å². The normalized spacial score (nSPS) is 12.8. The molecule has 2 rings (SSSR count). The van der Waals surface area contributed by atoms with Gasteiger partial charge in [0.25, 0.3) is 0 Å². The number of carbonyl (C=O) groups excluding carboxylic acids is 1. The summed E-state index contributed by atoms with van der Waals surface area (Å²) in [5, 5.41) is 2.78. The minimum atomic E-state index is -3.58. The third kappa shape index (κ3) is 7.08. The lowest BCUT2D eigenvalue weighted by molar-refractivity contribution is -0.120. The molecular weight excluding hydrogens is 409 g/mol. The summed E-state index contributed by atoms with van der Waals surface area (Å²) in [6.45, 7) is 6.08. The van der Waals surface area contributed by atoms with E-state index in [1.807, 2.05) is 4.90 Å². The zero-order chi connectivity index (χ0) is 22.3. The number of carbonyl (C=O) groups is 1. The van der Waals surface area contributed by atoms with Crippen molar-refractivity contribution < 1.29 is 22.3 Å². The summed E-state index contributed by atoms with van der Waals surface area (Å²) in [5.41, 5.74) is 0.506. The Balaban J connectivity index is 1.86. The van der Waals surface area contributed by atoms with Crippen molar-refractivity contribution in [2.45, 2.75) is 37.8 Å². The molecule has 2 aromatic rings. The monoisotopic (exact) mass is 437 g/mol. The number of nitrogens with zero attached hydrogens (tertiary/aromatic N) is 1. The molecule has 0 aliphatic rings. The Morgan fingerprint density at radius 3 is 2.23 bits per heavy atom. The van der Waals surface area contributed by atoms with Gasteiger partial charge in [-0.3, -0.25) is 9.69 Å². The van der Waals surface area contributed by atoms with Gasteiger partial charge in [0.15, 0.2) is 0 Å². The number of likely N-dealkylation sites (N-methyl/N-ethyl adjacent to an activating group) is 1. The van der Waals surface area contributed by atoms with E-state index in [0.29, 0.717) is 24.6 Å². The first-order valence-corrected chi connectivity index (χ1v) is 11.1. The number of anilines is 1. The summed E-state index contributed by atoms with van der Waals surface area (Å²) >= 11 is 0. The van der Waals surface area contributed by atoms with Gasteiger partial charge in [0.1, 0.15) is 18.2 Å². The molecule has 0 fully saturated rings. The maximum Gasteiger partial charge on any atom is 0.241 e. The van der Waals surface area contributed by atoms with Crippen LogP contribution >= 0.6 is 0 Å². The van der Waals surface area contributed by atoms with E-state index in [-0.39, 0.29) is 22.7 Å². The quantitative estimate of drug-likeness (QED) is 0.597. The lowest BCUT2D eigenvalue weighted by Gasteiger charge is -2.24. The molecule has 0 radical (unpaired) electrons. The zero-order valence-electron chi connectivity index (χ0n) is 17.6. The molecule has 0 bridgehead atoms. The first-order chi connectivity index (χ1) is 14.1. The van der Waals surface area contributed by atoms with Crippen LogP contribution in [0.4, 0.5) is 10.1 Å². The fourth-order valence-corrected chi connectivity index (χ4v) is 3.83. The predicted octanol–water partition coefficient (Wildman–Crippen LogP) is 2.85. The van der Waals surface area contributed by atoms with Crippen LogP contribution in [0.5, 0.6) is 5.75 Å². The molecular formula is C21H28FN3O4S. The van der Waals surface area contributed by atoms with Crippen molar-refractivity contribution in [3.05, 3.63) is 54.3 Å². The second kappa shape index (κ2) is 10.5. The number of benzene rings is 2. The number of rotatable bonds is 10. The van der Waals surface area contributed by atoms with Crippen LogP contribution in [0.1, 0.15) is 20.8 Å². The molecule has 0 spiro atoms. The summed E-state index contributed by atoms with van der Waals surface area (Å²) in [5.74, 6) is 0.00526. The molecule has 0 saturated heterocycles. The number of ether oxygens (including phenoxy) is 1. The lowest BCUT2D eigenvalue weighted by atomic mass is 10.2. The molecule has 2 N–H and O–H groups in total. The molecule has 0 aliphatic heterocycles. The van der Waals surface area contributed by atoms with Crippen molar-refractivity contribution in [2.75, 3.05) is 25.5 Å². The molecule has 0 aromatic heterocycles. The Hall–Kier alpha value is -2.49. The Morgan fingerprint density at radius 1 is 1.07 bits per heavy atom. The fourth-order valence-electron chi connectivity index (χ4n) is 2.57. The first kappa shape index (κ1) is 23.8. The number of hydrogen-bond acceptors (Lipinski definition) is 5. The highest BCUT2D eigenvalue weighted by atomic mass is 32.2. The SMILES string of the molecule is CC(C)NS(=O)(=O)c1ccc(NC(=O)[C@@H](C)N(C)CCOc2ccc(F)cc2)cc1. The number of sulfonamides is 1. The standard InChI is InChI=1S/C21H28FN3O4S/c1-15(2)24-30(27,28)20-11-7-18(8-12-20)23-21(26)16(3)25(4)13-14-29-19-9-5-17(22)6-10-19/h5-12,15-16,24H,13-14H2,1-4H3,(H,23,26)/t16-/m1/s1. The Kier molecular flexibility index (Phi) is 8.33. The lowest BCUT2D eigenvalue weighted by Crippen LogP contribution is -2.41. The maximum atomic E-state index is 12.9. The van der Waals surface area contributed by atoms with Gasteiger partial charge in [-0.15, -0.1) is 0 Å². The van der Waals surface area contributed by atoms with Gasteiger partial charge in [0.2, 0.25) is 15.9 Å². The summed E-state index contributed by atoms with van der Waals surface area (Å²) in [6.07, 6.45) is 0. The molecule has 9 heteroatoms. The minimum Gasteiger partial charge on any atom is -0.492 e. The van der Waals surface area contributed by atoms with Crippen LogP contribution < -0.4 is 14.8 Å². The van der Waals surface area contributed by atoms with Crippen molar-refractivity contribution >= 4 is 21.6 Å². The Morgan fingerprint density at radius 2 is 1.67 bits per heavy atom. The van der Waals surface area contributed by atoms with Crippen molar-refractivity contribution in [3.8, 4) is 5.75 Å². The molecule has 0 unspecified atom stereocenters. The number of halogens is 1. The third-order valence-electron chi connectivity index (χ3n) is 4.39. The molecule has 0 aliphatic carbocycles. The molecule has 30 heavy (non-hydrogen) atoms. The highest BCUT2D eigenvalue weighted by Crippen LogP contribution is 2.15. The molecule has 0 heterocycles. The van der Waals surface area contributed by atoms with Gasteiger partial charge in [-0.2, -0.15) is 0 Å². The van der Waals surface area contributed by atoms with Crippen molar-refractivity contribution in [1.29, 1.82) is 0 Å². The second-order valence-corrected chi connectivity index (χ2v) is 8.96. The van der Waals surface area contributed by atoms with Crippen LogP contribution in [0, 0.1) is 5.82 Å². The highest BCUT2D eigenvalue weighted by Gasteiger charge is 2.19. The van der Waals surface area contributed by atoms with Crippen LogP contribution in [-0.2, 0) is 14.8 Å². The molecule has 164 valence electrons. The Bertz CT molecular complexity index is 932. The van der Waals surface area contributed by atoms with Crippen LogP contribution in [0.25, 0.3) is 0 Å². The summed E-state index contributed by atoms with van der Waals surface area (Å²) in [6, 6.07) is 11.1. The van der Waals surface area contributed by atoms with E-state index in [9.17, 15) is 17.6 Å². The van der Waals surface area contributed by atoms with Crippen molar-refractivity contribution in [2.24, 2.45) is 0 Å². The van der Waals surface area contributed by atoms with E-state index in [1.54, 1.807) is 52.1 Å². The topological polar surface area (TPSA) is 87.7 Å². The average molecular weight is 438 g/mol. The van der Waals surface area contributed by atoms with Crippen LogP contribution in [0.15, 0.2) is 53.4 Å². The average Bonchev–Trinajstić information content (AvgIpc) is 2.68. The van der Waals surface area contributed by atoms with Crippen molar-refractivity contribution in [1.82, 2.24) is 9.62 Å². The summed E-state index contributed by atoms with van der Waals surface area (Å²) in [7, 11) is -1.78. The zero-order valence-corrected chi connectivity index (χ0v) is 18.4. The fraction of sp³-hybridized carbons (Fsp3) is 0.381. The smallest absolute Gasteiger partial charge is 0.241 e. The number of nitrogens with one attached hydrogen (secondary N) is 2. The highest BCUT2D eigenvalue weighted by molar-refractivity contribution is 7.89. The van der Waals surface area contributed by atoms with Crippen LogP contribution in [-0.4, -0.2) is 51.5 Å². The van der Waals surface area contributed by atoms with E-state index in [1.165, 1.54) is 24.3 Å². The van der Waals surface area contributed by atoms with Crippen LogP contribution in [0.2, 0.25) is 0 Å². The van der Waals surface area contributed by atoms with Crippen LogP contribution in [0.3, 0.4) is 0 Å². The Labute approximate surface area is 177 Å². The van der Waals surface area contributed by atoms with Gasteiger partial charge in [-0.25, -0.2) is 17.5 Å². The molecule has 7 nitrogen and oxygen atoms in total. The van der Waals surface area contributed by atoms with E-state index < -0.39 is 16.1 Å². The molecule has 1 amide bonds. The van der Waals surface area contributed by atoms with Gasteiger partial charge < -0.3 is 10.1 Å².